The van der Waals surface area contributed by atoms with Gasteiger partial charge in [0.1, 0.15) is 5.75 Å². The molecule has 4 bridgehead atoms. The van der Waals surface area contributed by atoms with E-state index in [0.29, 0.717) is 0 Å². The van der Waals surface area contributed by atoms with Gasteiger partial charge < -0.3 is 4.74 Å². The first kappa shape index (κ1) is 16.2. The number of hydrogen-bond donors (Lipinski definition) is 0. The van der Waals surface area contributed by atoms with Crippen molar-refractivity contribution in [1.82, 2.24) is 0 Å². The van der Waals surface area contributed by atoms with E-state index in [2.05, 4.69) is 37.4 Å². The van der Waals surface area contributed by atoms with Gasteiger partial charge in [0, 0.05) is 6.21 Å². The molecule has 0 spiro atoms. The second-order valence-electron chi connectivity index (χ2n) is 8.52. The number of nitrogens with zero attached hydrogens (tertiary/aromatic N) is 1. The molecule has 0 aromatic heterocycles. The van der Waals surface area contributed by atoms with Crippen LogP contribution in [0, 0.1) is 17.8 Å². The van der Waals surface area contributed by atoms with Crippen molar-refractivity contribution in [2.24, 2.45) is 22.7 Å². The van der Waals surface area contributed by atoms with Gasteiger partial charge in [0.05, 0.1) is 12.1 Å². The van der Waals surface area contributed by atoms with Crippen molar-refractivity contribution in [3.8, 4) is 5.75 Å². The maximum absolute atomic E-state index is 5.80. The number of ether oxygens (including phenoxy) is 1. The Labute approximate surface area is 146 Å². The molecule has 24 heavy (non-hydrogen) atoms. The standard InChI is InChI=1S/C22H31NO/c1-2-3-4-9-24-21-7-5-17(6-8-21)16-23-22-13-18-10-19(14-22)12-20(11-18)15-22/h5-8,16,18-20H,2-4,9-15H2,1H3. The van der Waals surface area contributed by atoms with E-state index in [9.17, 15) is 0 Å². The summed E-state index contributed by atoms with van der Waals surface area (Å²) in [5, 5.41) is 0. The number of rotatable bonds is 7. The van der Waals surface area contributed by atoms with Gasteiger partial charge in [-0.15, -0.1) is 0 Å². The molecular weight excluding hydrogens is 294 g/mol. The summed E-state index contributed by atoms with van der Waals surface area (Å²) in [4.78, 5) is 5.14. The smallest absolute Gasteiger partial charge is 0.119 e. The van der Waals surface area contributed by atoms with Crippen LogP contribution in [0.1, 0.15) is 70.3 Å². The first-order chi connectivity index (χ1) is 11.7. The van der Waals surface area contributed by atoms with Crippen LogP contribution in [-0.4, -0.2) is 18.4 Å². The molecule has 1 aromatic rings. The van der Waals surface area contributed by atoms with Gasteiger partial charge in [0.25, 0.3) is 0 Å². The van der Waals surface area contributed by atoms with Crippen LogP contribution in [0.4, 0.5) is 0 Å². The third kappa shape index (κ3) is 3.53. The van der Waals surface area contributed by atoms with Crippen LogP contribution in [0.25, 0.3) is 0 Å². The minimum atomic E-state index is 0.282. The number of unbranched alkanes of at least 4 members (excludes halogenated alkanes) is 2. The molecule has 1 aromatic carbocycles. The summed E-state index contributed by atoms with van der Waals surface area (Å²) in [6.07, 6.45) is 14.2. The van der Waals surface area contributed by atoms with E-state index in [1.165, 1.54) is 56.9 Å². The highest BCUT2D eigenvalue weighted by Crippen LogP contribution is 2.57. The molecule has 0 saturated heterocycles. The van der Waals surface area contributed by atoms with Crippen molar-refractivity contribution < 1.29 is 4.74 Å². The Morgan fingerprint density at radius 1 is 1.00 bits per heavy atom. The van der Waals surface area contributed by atoms with Crippen molar-refractivity contribution in [1.29, 1.82) is 0 Å². The van der Waals surface area contributed by atoms with Gasteiger partial charge in [0.15, 0.2) is 0 Å². The fraction of sp³-hybridized carbons (Fsp3) is 0.682. The summed E-state index contributed by atoms with van der Waals surface area (Å²) >= 11 is 0. The Kier molecular flexibility index (Phi) is 4.65. The van der Waals surface area contributed by atoms with E-state index in [4.69, 9.17) is 9.73 Å². The summed E-state index contributed by atoms with van der Waals surface area (Å²) in [5.41, 5.74) is 1.50. The Balaban J connectivity index is 1.36. The van der Waals surface area contributed by atoms with Gasteiger partial charge in [-0.3, -0.25) is 4.99 Å². The number of benzene rings is 1. The molecule has 5 rings (SSSR count). The second-order valence-corrected chi connectivity index (χ2v) is 8.52. The molecule has 4 aliphatic carbocycles. The molecular formula is C22H31NO. The summed E-state index contributed by atoms with van der Waals surface area (Å²) in [6.45, 7) is 3.05. The normalized spacial score (nSPS) is 34.1. The molecule has 0 N–H and O–H groups in total. The SMILES string of the molecule is CCCCCOc1ccc(C=NC23CC4CC(CC(C4)C2)C3)cc1. The van der Waals surface area contributed by atoms with Gasteiger partial charge in [-0.25, -0.2) is 0 Å². The van der Waals surface area contributed by atoms with Crippen LogP contribution < -0.4 is 4.74 Å². The Bertz CT molecular complexity index is 539. The van der Waals surface area contributed by atoms with E-state index < -0.39 is 0 Å². The molecule has 4 aliphatic rings. The molecule has 0 atom stereocenters. The summed E-state index contributed by atoms with van der Waals surface area (Å²) < 4.78 is 5.80. The van der Waals surface area contributed by atoms with Crippen molar-refractivity contribution in [3.63, 3.8) is 0 Å². The third-order valence-electron chi connectivity index (χ3n) is 6.39. The molecule has 0 heterocycles. The first-order valence-electron chi connectivity index (χ1n) is 10.0. The van der Waals surface area contributed by atoms with Crippen LogP contribution in [-0.2, 0) is 0 Å². The van der Waals surface area contributed by atoms with Crippen LogP contribution >= 0.6 is 0 Å². The zero-order valence-corrected chi connectivity index (χ0v) is 15.0. The molecule has 0 aliphatic heterocycles. The highest BCUT2D eigenvalue weighted by atomic mass is 16.5. The monoisotopic (exact) mass is 325 g/mol. The first-order valence-corrected chi connectivity index (χ1v) is 10.0. The molecule has 0 amide bonds. The maximum Gasteiger partial charge on any atom is 0.119 e. The van der Waals surface area contributed by atoms with Gasteiger partial charge in [-0.1, -0.05) is 19.8 Å². The molecule has 2 nitrogen and oxygen atoms in total. The highest BCUT2D eigenvalue weighted by Gasteiger charge is 2.50. The van der Waals surface area contributed by atoms with Crippen molar-refractivity contribution in [3.05, 3.63) is 29.8 Å². The van der Waals surface area contributed by atoms with E-state index in [1.807, 2.05) is 0 Å². The Morgan fingerprint density at radius 2 is 1.62 bits per heavy atom. The fourth-order valence-corrected chi connectivity index (χ4v) is 5.63. The topological polar surface area (TPSA) is 21.6 Å². The molecule has 0 radical (unpaired) electrons. The predicted octanol–water partition coefficient (Wildman–Crippen LogP) is 5.64. The second kappa shape index (κ2) is 6.90. The molecule has 0 unspecified atom stereocenters. The molecule has 4 fully saturated rings. The zero-order chi connectivity index (χ0) is 16.4. The van der Waals surface area contributed by atoms with E-state index in [1.54, 1.807) is 0 Å². The van der Waals surface area contributed by atoms with Gasteiger partial charge in [0.2, 0.25) is 0 Å². The summed E-state index contributed by atoms with van der Waals surface area (Å²) in [7, 11) is 0. The largest absolute Gasteiger partial charge is 0.494 e. The number of hydrogen-bond acceptors (Lipinski definition) is 2. The van der Waals surface area contributed by atoms with E-state index >= 15 is 0 Å². The van der Waals surface area contributed by atoms with Crippen LogP contribution in [0.2, 0.25) is 0 Å². The van der Waals surface area contributed by atoms with Crippen molar-refractivity contribution in [2.45, 2.75) is 70.3 Å². The average Bonchev–Trinajstić information content (AvgIpc) is 2.57. The summed E-state index contributed by atoms with van der Waals surface area (Å²) in [6, 6.07) is 8.48. The van der Waals surface area contributed by atoms with Gasteiger partial charge >= 0.3 is 0 Å². The fourth-order valence-electron chi connectivity index (χ4n) is 5.63. The number of aliphatic imine (C=N–C) groups is 1. The predicted molar refractivity (Wildman–Crippen MR) is 100.0 cm³/mol. The molecule has 4 saturated carbocycles. The zero-order valence-electron chi connectivity index (χ0n) is 15.0. The lowest BCUT2D eigenvalue weighted by molar-refractivity contribution is 0.00195. The van der Waals surface area contributed by atoms with E-state index in [0.717, 1.165) is 36.5 Å². The Hall–Kier alpha value is -1.31. The van der Waals surface area contributed by atoms with Crippen LogP contribution in [0.15, 0.2) is 29.3 Å². The third-order valence-corrected chi connectivity index (χ3v) is 6.39. The Morgan fingerprint density at radius 3 is 2.21 bits per heavy atom. The van der Waals surface area contributed by atoms with Crippen LogP contribution in [0.3, 0.4) is 0 Å². The van der Waals surface area contributed by atoms with Gasteiger partial charge in [-0.05, 0) is 92.5 Å². The average molecular weight is 325 g/mol. The quantitative estimate of drug-likeness (QED) is 0.469. The van der Waals surface area contributed by atoms with Crippen LogP contribution in [0.5, 0.6) is 5.75 Å². The minimum Gasteiger partial charge on any atom is -0.494 e. The molecule has 2 heteroatoms. The minimum absolute atomic E-state index is 0.282. The lowest BCUT2D eigenvalue weighted by atomic mass is 9.53. The van der Waals surface area contributed by atoms with Crippen molar-refractivity contribution in [2.75, 3.05) is 6.61 Å². The molecule has 130 valence electrons. The van der Waals surface area contributed by atoms with Crippen molar-refractivity contribution >= 4 is 6.21 Å². The lowest BCUT2D eigenvalue weighted by Crippen LogP contribution is -2.49. The van der Waals surface area contributed by atoms with Gasteiger partial charge in [-0.2, -0.15) is 0 Å². The highest BCUT2D eigenvalue weighted by molar-refractivity contribution is 5.80. The lowest BCUT2D eigenvalue weighted by Gasteiger charge is -2.54. The summed E-state index contributed by atoms with van der Waals surface area (Å²) in [5.74, 6) is 3.88. The van der Waals surface area contributed by atoms with E-state index in [-0.39, 0.29) is 5.54 Å². The maximum atomic E-state index is 5.80.